The molecule has 1 amide bonds. The lowest BCUT2D eigenvalue weighted by molar-refractivity contribution is -0.115. The Morgan fingerprint density at radius 1 is 1.32 bits per heavy atom. The first kappa shape index (κ1) is 24.1. The zero-order valence-corrected chi connectivity index (χ0v) is 20.5. The molecule has 0 aliphatic carbocycles. The topological polar surface area (TPSA) is 90.6 Å². The highest BCUT2D eigenvalue weighted by molar-refractivity contribution is 7.99. The molecule has 11 heteroatoms. The van der Waals surface area contributed by atoms with E-state index in [0.29, 0.717) is 38.9 Å². The molecule has 0 bridgehead atoms. The summed E-state index contributed by atoms with van der Waals surface area (Å²) in [5.74, 6) is 1.43. The molecule has 8 nitrogen and oxygen atoms in total. The van der Waals surface area contributed by atoms with Crippen molar-refractivity contribution in [3.8, 4) is 5.75 Å². The monoisotopic (exact) mass is 517 g/mol. The first-order valence-corrected chi connectivity index (χ1v) is 12.1. The van der Waals surface area contributed by atoms with Gasteiger partial charge in [-0.25, -0.2) is 4.68 Å². The second kappa shape index (κ2) is 10.9. The van der Waals surface area contributed by atoms with Crippen molar-refractivity contribution in [3.63, 3.8) is 0 Å². The van der Waals surface area contributed by atoms with Crippen molar-refractivity contribution in [2.24, 2.45) is 5.16 Å². The molecule has 0 saturated carbocycles. The van der Waals surface area contributed by atoms with E-state index in [9.17, 15) is 4.79 Å². The standard InChI is InChI=1S/C23H21Cl2N5O3S/c1-3-10-34-23-27-26-22(30(23)28-14(2)31)13-32-20-7-5-4-6-17(20)19-12-21(33-29-19)16-9-8-15(24)11-18(16)25/h3-9,11,21H,1,10,12-13H2,2H3,(H,28,31). The van der Waals surface area contributed by atoms with Crippen LogP contribution in [-0.4, -0.2) is 32.2 Å². The molecular weight excluding hydrogens is 497 g/mol. The predicted octanol–water partition coefficient (Wildman–Crippen LogP) is 5.40. The third kappa shape index (κ3) is 5.55. The van der Waals surface area contributed by atoms with Gasteiger partial charge in [0.25, 0.3) is 0 Å². The number of amides is 1. The van der Waals surface area contributed by atoms with Gasteiger partial charge < -0.3 is 9.57 Å². The zero-order chi connectivity index (χ0) is 24.1. The zero-order valence-electron chi connectivity index (χ0n) is 18.2. The Balaban J connectivity index is 1.50. The van der Waals surface area contributed by atoms with Crippen LogP contribution in [0.1, 0.15) is 36.4 Å². The van der Waals surface area contributed by atoms with Crippen LogP contribution in [-0.2, 0) is 16.2 Å². The second-order valence-corrected chi connectivity index (χ2v) is 9.12. The number of ether oxygens (including phenoxy) is 1. The van der Waals surface area contributed by atoms with Crippen molar-refractivity contribution in [1.82, 2.24) is 14.9 Å². The van der Waals surface area contributed by atoms with Crippen LogP contribution < -0.4 is 10.2 Å². The number of hydrogen-bond acceptors (Lipinski definition) is 7. The molecule has 0 saturated heterocycles. The van der Waals surface area contributed by atoms with Crippen molar-refractivity contribution in [1.29, 1.82) is 0 Å². The highest BCUT2D eigenvalue weighted by atomic mass is 35.5. The number of aromatic nitrogens is 3. The minimum atomic E-state index is -0.319. The minimum absolute atomic E-state index is 0.0829. The highest BCUT2D eigenvalue weighted by Crippen LogP contribution is 2.36. The Labute approximate surface area is 210 Å². The maximum Gasteiger partial charge on any atom is 0.235 e. The number of para-hydroxylation sites is 1. The van der Waals surface area contributed by atoms with E-state index in [1.807, 2.05) is 30.3 Å². The number of thioether (sulfide) groups is 1. The van der Waals surface area contributed by atoms with Gasteiger partial charge in [-0.05, 0) is 24.3 Å². The summed E-state index contributed by atoms with van der Waals surface area (Å²) >= 11 is 13.8. The SMILES string of the molecule is C=CCSc1nnc(COc2ccccc2C2=NOC(c3ccc(Cl)cc3Cl)C2)n1NC(C)=O. The van der Waals surface area contributed by atoms with Crippen LogP contribution in [0, 0.1) is 0 Å². The Hall–Kier alpha value is -3.01. The normalized spacial score (nSPS) is 14.9. The van der Waals surface area contributed by atoms with E-state index in [2.05, 4.69) is 27.4 Å². The smallest absolute Gasteiger partial charge is 0.235 e. The number of carbonyl (C=O) groups is 1. The molecule has 1 N–H and O–H groups in total. The predicted molar refractivity (Wildman–Crippen MR) is 133 cm³/mol. The van der Waals surface area contributed by atoms with Crippen molar-refractivity contribution in [2.75, 3.05) is 11.2 Å². The van der Waals surface area contributed by atoms with Gasteiger partial charge in [0.05, 0.1) is 5.71 Å². The fourth-order valence-corrected chi connectivity index (χ4v) is 4.51. The summed E-state index contributed by atoms with van der Waals surface area (Å²) in [6.45, 7) is 5.21. The molecule has 34 heavy (non-hydrogen) atoms. The van der Waals surface area contributed by atoms with Crippen LogP contribution in [0.25, 0.3) is 0 Å². The van der Waals surface area contributed by atoms with E-state index >= 15 is 0 Å². The molecule has 1 unspecified atom stereocenters. The molecule has 2 aromatic carbocycles. The summed E-state index contributed by atoms with van der Waals surface area (Å²) in [4.78, 5) is 17.3. The number of benzene rings is 2. The van der Waals surface area contributed by atoms with Crippen molar-refractivity contribution < 1.29 is 14.4 Å². The van der Waals surface area contributed by atoms with Gasteiger partial charge in [0, 0.05) is 40.3 Å². The first-order valence-electron chi connectivity index (χ1n) is 10.3. The number of hydrogen-bond donors (Lipinski definition) is 1. The van der Waals surface area contributed by atoms with Crippen molar-refractivity contribution in [3.05, 3.63) is 82.1 Å². The molecule has 1 aliphatic heterocycles. The average molecular weight is 518 g/mol. The highest BCUT2D eigenvalue weighted by Gasteiger charge is 2.27. The van der Waals surface area contributed by atoms with E-state index in [0.717, 1.165) is 16.8 Å². The summed E-state index contributed by atoms with van der Waals surface area (Å²) in [5, 5.41) is 14.2. The second-order valence-electron chi connectivity index (χ2n) is 7.29. The van der Waals surface area contributed by atoms with Gasteiger partial charge in [0.2, 0.25) is 11.1 Å². The van der Waals surface area contributed by atoms with Crippen LogP contribution in [0.3, 0.4) is 0 Å². The molecule has 0 radical (unpaired) electrons. The minimum Gasteiger partial charge on any atom is -0.485 e. The first-order chi connectivity index (χ1) is 16.5. The van der Waals surface area contributed by atoms with Crippen molar-refractivity contribution >= 4 is 46.6 Å². The van der Waals surface area contributed by atoms with E-state index in [1.54, 1.807) is 18.2 Å². The number of nitrogens with zero attached hydrogens (tertiary/aromatic N) is 4. The van der Waals surface area contributed by atoms with E-state index < -0.39 is 0 Å². The van der Waals surface area contributed by atoms with Gasteiger partial charge in [-0.1, -0.05) is 64.4 Å². The largest absolute Gasteiger partial charge is 0.485 e. The summed E-state index contributed by atoms with van der Waals surface area (Å²) in [6, 6.07) is 12.8. The van der Waals surface area contributed by atoms with Crippen molar-refractivity contribution in [2.45, 2.75) is 31.2 Å². The summed E-state index contributed by atoms with van der Waals surface area (Å²) in [7, 11) is 0. The summed E-state index contributed by atoms with van der Waals surface area (Å²) < 4.78 is 7.59. The number of oxime groups is 1. The molecule has 1 aromatic heterocycles. The maximum absolute atomic E-state index is 11.7. The fraction of sp³-hybridized carbons (Fsp3) is 0.217. The average Bonchev–Trinajstić information content (AvgIpc) is 3.44. The molecule has 0 fully saturated rings. The molecule has 3 aromatic rings. The Morgan fingerprint density at radius 3 is 2.91 bits per heavy atom. The molecule has 0 spiro atoms. The van der Waals surface area contributed by atoms with Gasteiger partial charge in [0.1, 0.15) is 12.4 Å². The van der Waals surface area contributed by atoms with Crippen LogP contribution in [0.15, 0.2) is 65.4 Å². The lowest BCUT2D eigenvalue weighted by Crippen LogP contribution is -2.24. The molecular formula is C23H21Cl2N5O3S. The van der Waals surface area contributed by atoms with Gasteiger partial charge in [-0.15, -0.1) is 16.8 Å². The lowest BCUT2D eigenvalue weighted by Gasteiger charge is -2.13. The fourth-order valence-electron chi connectivity index (χ4n) is 3.33. The summed E-state index contributed by atoms with van der Waals surface area (Å²) in [6.07, 6.45) is 1.95. The van der Waals surface area contributed by atoms with Crippen LogP contribution in [0.4, 0.5) is 0 Å². The molecule has 176 valence electrons. The van der Waals surface area contributed by atoms with Crippen LogP contribution in [0.5, 0.6) is 5.75 Å². The van der Waals surface area contributed by atoms with Crippen LogP contribution in [0.2, 0.25) is 10.0 Å². The van der Waals surface area contributed by atoms with Gasteiger partial charge >= 0.3 is 0 Å². The Bertz CT molecular complexity index is 1250. The van der Waals surface area contributed by atoms with Crippen LogP contribution >= 0.6 is 35.0 Å². The van der Waals surface area contributed by atoms with Gasteiger partial charge in [-0.3, -0.25) is 10.2 Å². The number of rotatable bonds is 9. The molecule has 4 rings (SSSR count). The number of nitrogens with one attached hydrogen (secondary N) is 1. The summed E-state index contributed by atoms with van der Waals surface area (Å²) in [5.41, 5.74) is 5.06. The quantitative estimate of drug-likeness (QED) is 0.302. The third-order valence-electron chi connectivity index (χ3n) is 4.83. The Morgan fingerprint density at radius 2 is 2.15 bits per heavy atom. The number of halogens is 2. The van der Waals surface area contributed by atoms with E-state index in [4.69, 9.17) is 32.8 Å². The molecule has 2 heterocycles. The molecule has 1 atom stereocenters. The maximum atomic E-state index is 11.7. The number of carbonyl (C=O) groups excluding carboxylic acids is 1. The lowest BCUT2D eigenvalue weighted by atomic mass is 9.99. The van der Waals surface area contributed by atoms with E-state index in [-0.39, 0.29) is 18.6 Å². The Kier molecular flexibility index (Phi) is 7.77. The van der Waals surface area contributed by atoms with Gasteiger partial charge in [0.15, 0.2) is 11.9 Å². The van der Waals surface area contributed by atoms with Gasteiger partial charge in [-0.2, -0.15) is 0 Å². The third-order valence-corrected chi connectivity index (χ3v) is 6.32. The van der Waals surface area contributed by atoms with E-state index in [1.165, 1.54) is 23.4 Å². The molecule has 1 aliphatic rings.